The van der Waals surface area contributed by atoms with Gasteiger partial charge < -0.3 is 42.6 Å². The summed E-state index contributed by atoms with van der Waals surface area (Å²) in [6.07, 6.45) is -11.2. The average Bonchev–Trinajstić information content (AvgIpc) is 2.95. The van der Waals surface area contributed by atoms with E-state index < -0.39 is 89.3 Å². The molecule has 10 atom stereocenters. The van der Waals surface area contributed by atoms with E-state index in [9.17, 15) is 22.8 Å². The zero-order valence-electron chi connectivity index (χ0n) is 25.9. The summed E-state index contributed by atoms with van der Waals surface area (Å²) in [5.41, 5.74) is 0.886. The fraction of sp³-hybridized carbons (Fsp3) is 0.679. The Bertz CT molecular complexity index is 1240. The van der Waals surface area contributed by atoms with Crippen LogP contribution in [0.25, 0.3) is 0 Å². The van der Waals surface area contributed by atoms with Gasteiger partial charge in [-0.05, 0) is 26.0 Å². The topological polar surface area (TPSA) is 180 Å². The number of carbonyl (C=O) groups is 3. The van der Waals surface area contributed by atoms with Crippen LogP contribution in [0.15, 0.2) is 29.2 Å². The van der Waals surface area contributed by atoms with E-state index >= 15 is 0 Å². The number of hydrogen-bond donors (Lipinski definition) is 1. The molecule has 0 amide bonds. The Kier molecular flexibility index (Phi) is 12.6. The molecule has 0 bridgehead atoms. The smallest absolute Gasteiger partial charge is 0.303 e. The molecule has 0 aromatic heterocycles. The second kappa shape index (κ2) is 15.5. The Morgan fingerprint density at radius 3 is 1.80 bits per heavy atom. The first kappa shape index (κ1) is 35.8. The van der Waals surface area contributed by atoms with Crippen molar-refractivity contribution in [3.05, 3.63) is 29.8 Å². The third-order valence-corrected chi connectivity index (χ3v) is 8.54. The van der Waals surface area contributed by atoms with E-state index in [4.69, 9.17) is 42.6 Å². The van der Waals surface area contributed by atoms with Crippen molar-refractivity contribution < 1.29 is 65.4 Å². The highest BCUT2D eigenvalue weighted by atomic mass is 32.2. The van der Waals surface area contributed by atoms with Crippen molar-refractivity contribution >= 4 is 27.9 Å². The molecule has 16 heteroatoms. The largest absolute Gasteiger partial charge is 0.456 e. The molecular weight excluding hydrogens is 606 g/mol. The fourth-order valence-corrected chi connectivity index (χ4v) is 6.18. The molecule has 3 rings (SSSR count). The maximum Gasteiger partial charge on any atom is 0.303 e. The lowest BCUT2D eigenvalue weighted by atomic mass is 9.96. The predicted octanol–water partition coefficient (Wildman–Crippen LogP) is 0.600. The number of nitrogens with one attached hydrogen (secondary N) is 1. The number of methoxy groups -OCH3 is 3. The van der Waals surface area contributed by atoms with Gasteiger partial charge in [0.2, 0.25) is 10.0 Å². The zero-order valence-corrected chi connectivity index (χ0v) is 26.7. The summed E-state index contributed by atoms with van der Waals surface area (Å²) in [6, 6.07) is 6.28. The highest BCUT2D eigenvalue weighted by Crippen LogP contribution is 2.34. The summed E-state index contributed by atoms with van der Waals surface area (Å²) in [5, 5.41) is 0. The van der Waals surface area contributed by atoms with Crippen LogP contribution in [-0.2, 0) is 67.0 Å². The lowest BCUT2D eigenvalue weighted by Crippen LogP contribution is -2.66. The number of ether oxygens (including phenoxy) is 9. The van der Waals surface area contributed by atoms with Crippen LogP contribution in [0.2, 0.25) is 0 Å². The zero-order chi connectivity index (χ0) is 32.8. The minimum absolute atomic E-state index is 0.0397. The van der Waals surface area contributed by atoms with Gasteiger partial charge in [-0.1, -0.05) is 17.7 Å². The van der Waals surface area contributed by atoms with Gasteiger partial charge in [-0.2, -0.15) is 0 Å². The van der Waals surface area contributed by atoms with Gasteiger partial charge in [-0.15, -0.1) is 0 Å². The number of sulfonamides is 1. The quantitative estimate of drug-likeness (QED) is 0.246. The number of hydrogen-bond acceptors (Lipinski definition) is 14. The molecule has 0 spiro atoms. The molecule has 15 nitrogen and oxygen atoms in total. The third-order valence-electron chi connectivity index (χ3n) is 7.10. The molecule has 0 unspecified atom stereocenters. The molecule has 248 valence electrons. The maximum atomic E-state index is 13.1. The molecule has 2 fully saturated rings. The summed E-state index contributed by atoms with van der Waals surface area (Å²) < 4.78 is 80.4. The Labute approximate surface area is 256 Å². The third kappa shape index (κ3) is 8.72. The molecular formula is C28H41NO14S. The molecule has 0 saturated carbocycles. The van der Waals surface area contributed by atoms with E-state index in [0.717, 1.165) is 19.4 Å². The van der Waals surface area contributed by atoms with Crippen LogP contribution in [0, 0.1) is 6.92 Å². The Hall–Kier alpha value is -2.70. The first-order valence-corrected chi connectivity index (χ1v) is 15.3. The number of carbonyl (C=O) groups excluding carboxylic acids is 3. The van der Waals surface area contributed by atoms with E-state index in [1.807, 2.05) is 6.92 Å². The van der Waals surface area contributed by atoms with Gasteiger partial charge in [-0.3, -0.25) is 14.4 Å². The number of esters is 3. The second-order valence-electron chi connectivity index (χ2n) is 10.4. The summed E-state index contributed by atoms with van der Waals surface area (Å²) in [6.45, 7) is 6.54. The van der Waals surface area contributed by atoms with Gasteiger partial charge in [0.25, 0.3) is 0 Å². The average molecular weight is 648 g/mol. The van der Waals surface area contributed by atoms with Crippen molar-refractivity contribution in [2.45, 2.75) is 101 Å². The molecule has 2 aliphatic rings. The molecule has 2 aliphatic heterocycles. The monoisotopic (exact) mass is 647 g/mol. The minimum Gasteiger partial charge on any atom is -0.456 e. The van der Waals surface area contributed by atoms with Gasteiger partial charge in [0, 0.05) is 48.6 Å². The molecule has 44 heavy (non-hydrogen) atoms. The van der Waals surface area contributed by atoms with Crippen LogP contribution in [-0.4, -0.2) is 116 Å². The van der Waals surface area contributed by atoms with Crippen molar-refractivity contribution in [2.75, 3.05) is 27.9 Å². The van der Waals surface area contributed by atoms with E-state index in [0.29, 0.717) is 0 Å². The van der Waals surface area contributed by atoms with Crippen LogP contribution in [0.3, 0.4) is 0 Å². The molecule has 1 aromatic rings. The fourth-order valence-electron chi connectivity index (χ4n) is 5.14. The summed E-state index contributed by atoms with van der Waals surface area (Å²) in [4.78, 5) is 36.2. The van der Waals surface area contributed by atoms with Crippen molar-refractivity contribution in [2.24, 2.45) is 0 Å². The summed E-state index contributed by atoms with van der Waals surface area (Å²) in [5.74, 6) is -2.18. The second-order valence-corrected chi connectivity index (χ2v) is 12.1. The Morgan fingerprint density at radius 1 is 0.727 bits per heavy atom. The van der Waals surface area contributed by atoms with Crippen molar-refractivity contribution in [1.82, 2.24) is 4.72 Å². The first-order chi connectivity index (χ1) is 20.7. The lowest BCUT2D eigenvalue weighted by Gasteiger charge is -2.48. The normalized spacial score (nSPS) is 32.5. The SMILES string of the molecule is CO[C@H]1O[C@H](CNS(=O)(=O)c2ccc(C)cc2)[C@H](O[C@@H]2O[C@@H](C)[C@H](OC(C)=O)[C@@H](OC(C)=O)[C@H]2OC(C)=O)[C@H](OC)[C@H]1OC. The molecule has 2 heterocycles. The molecule has 0 aliphatic carbocycles. The van der Waals surface area contributed by atoms with Crippen LogP contribution < -0.4 is 4.72 Å². The van der Waals surface area contributed by atoms with Crippen molar-refractivity contribution in [3.63, 3.8) is 0 Å². The van der Waals surface area contributed by atoms with Gasteiger partial charge in [0.1, 0.15) is 24.4 Å². The van der Waals surface area contributed by atoms with Crippen LogP contribution in [0.5, 0.6) is 0 Å². The van der Waals surface area contributed by atoms with E-state index in [-0.39, 0.29) is 11.4 Å². The molecule has 2 saturated heterocycles. The number of aryl methyl sites for hydroxylation is 1. The van der Waals surface area contributed by atoms with E-state index in [2.05, 4.69) is 4.72 Å². The van der Waals surface area contributed by atoms with Crippen LogP contribution in [0.1, 0.15) is 33.3 Å². The van der Waals surface area contributed by atoms with Crippen molar-refractivity contribution in [1.29, 1.82) is 0 Å². The van der Waals surface area contributed by atoms with Gasteiger partial charge in [-0.25, -0.2) is 13.1 Å². The van der Waals surface area contributed by atoms with Gasteiger partial charge in [0.15, 0.2) is 30.9 Å². The first-order valence-electron chi connectivity index (χ1n) is 13.8. The predicted molar refractivity (Wildman–Crippen MR) is 150 cm³/mol. The summed E-state index contributed by atoms with van der Waals surface area (Å²) in [7, 11) is 0.208. The van der Waals surface area contributed by atoms with Gasteiger partial charge >= 0.3 is 17.9 Å². The number of rotatable bonds is 12. The maximum absolute atomic E-state index is 13.1. The van der Waals surface area contributed by atoms with E-state index in [1.165, 1.54) is 40.4 Å². The van der Waals surface area contributed by atoms with Crippen LogP contribution >= 0.6 is 0 Å². The molecule has 1 aromatic carbocycles. The minimum atomic E-state index is -3.98. The Balaban J connectivity index is 1.99. The molecule has 1 N–H and O–H groups in total. The standard InChI is InChI=1S/C28H41NO14S/c1-14-9-11-19(12-10-14)44(33,34)29-13-20-22(23(35-6)25(36-7)27(37-8)42-20)43-28-26(41-18(5)32)24(40-17(4)31)21(15(2)38-28)39-16(3)30/h9-12,15,20-29H,13H2,1-8H3/t15-,20+,21-,22-,23-,24+,25+,26+,27-,28-/m0/s1. The highest BCUT2D eigenvalue weighted by Gasteiger charge is 2.55. The van der Waals surface area contributed by atoms with Crippen molar-refractivity contribution in [3.8, 4) is 0 Å². The van der Waals surface area contributed by atoms with Gasteiger partial charge in [0.05, 0.1) is 11.0 Å². The van der Waals surface area contributed by atoms with Crippen LogP contribution in [0.4, 0.5) is 0 Å². The Morgan fingerprint density at radius 2 is 1.27 bits per heavy atom. The highest BCUT2D eigenvalue weighted by molar-refractivity contribution is 7.89. The van der Waals surface area contributed by atoms with E-state index in [1.54, 1.807) is 19.1 Å². The summed E-state index contributed by atoms with van der Waals surface area (Å²) >= 11 is 0. The lowest BCUT2D eigenvalue weighted by molar-refractivity contribution is -0.355. The number of benzene rings is 1. The molecule has 0 radical (unpaired) electrons.